The molecule has 3 fully saturated rings. The fourth-order valence-corrected chi connectivity index (χ4v) is 8.11. The molecule has 13 heteroatoms. The first-order chi connectivity index (χ1) is 25.7. The van der Waals surface area contributed by atoms with Gasteiger partial charge in [0.2, 0.25) is 17.7 Å². The highest BCUT2D eigenvalue weighted by Gasteiger charge is 2.28. The molecule has 0 saturated carbocycles. The number of aliphatic imine (C=N–C) groups is 1. The van der Waals surface area contributed by atoms with E-state index in [-0.39, 0.29) is 29.3 Å². The number of carbonyl (C=O) groups is 3. The van der Waals surface area contributed by atoms with Gasteiger partial charge in [0.25, 0.3) is 5.56 Å². The van der Waals surface area contributed by atoms with Crippen LogP contribution in [0.15, 0.2) is 52.4 Å². The highest BCUT2D eigenvalue weighted by atomic mass is 16.5. The number of pyridine rings is 1. The number of methoxy groups -OCH3 is 2. The number of carbonyl (C=O) groups excluding carboxylic acids is 3. The predicted octanol–water partition coefficient (Wildman–Crippen LogP) is 3.18. The monoisotopic (exact) mass is 723 g/mol. The molecule has 7 rings (SSSR count). The molecule has 13 nitrogen and oxygen atoms in total. The second kappa shape index (κ2) is 15.9. The van der Waals surface area contributed by atoms with E-state index in [4.69, 9.17) is 9.47 Å². The van der Waals surface area contributed by atoms with Crippen LogP contribution in [-0.2, 0) is 34.5 Å². The molecule has 2 aromatic carbocycles. The molecule has 0 radical (unpaired) electrons. The third kappa shape index (κ3) is 8.16. The van der Waals surface area contributed by atoms with Crippen LogP contribution >= 0.6 is 0 Å². The molecule has 280 valence electrons. The minimum Gasteiger partial charge on any atom is -0.496 e. The van der Waals surface area contributed by atoms with Gasteiger partial charge in [-0.3, -0.25) is 39.3 Å². The van der Waals surface area contributed by atoms with Crippen molar-refractivity contribution in [3.63, 3.8) is 0 Å². The molecule has 3 N–H and O–H groups in total. The number of aryl methyl sites for hydroxylation is 1. The van der Waals surface area contributed by atoms with E-state index in [1.165, 1.54) is 5.56 Å². The zero-order valence-corrected chi connectivity index (χ0v) is 30.8. The number of imide groups is 1. The van der Waals surface area contributed by atoms with Gasteiger partial charge in [-0.25, -0.2) is 0 Å². The summed E-state index contributed by atoms with van der Waals surface area (Å²) in [5.41, 5.74) is 6.46. The number of fused-ring (bicyclic) bond motifs is 1. The molecule has 3 aromatic rings. The summed E-state index contributed by atoms with van der Waals surface area (Å²) in [6.45, 7) is 4.89. The fraction of sp³-hybridized carbons (Fsp3) is 0.475. The Hall–Kier alpha value is -5.01. The third-order valence-electron chi connectivity index (χ3n) is 11.2. The molecule has 0 bridgehead atoms. The van der Waals surface area contributed by atoms with Gasteiger partial charge < -0.3 is 24.7 Å². The van der Waals surface area contributed by atoms with E-state index in [9.17, 15) is 19.2 Å². The van der Waals surface area contributed by atoms with Crippen molar-refractivity contribution >= 4 is 29.6 Å². The van der Waals surface area contributed by atoms with Gasteiger partial charge in [0.15, 0.2) is 0 Å². The third-order valence-corrected chi connectivity index (χ3v) is 11.2. The number of piperidine rings is 3. The Bertz CT molecular complexity index is 1920. The summed E-state index contributed by atoms with van der Waals surface area (Å²) in [6.07, 6.45) is 8.18. The van der Waals surface area contributed by atoms with E-state index in [0.717, 1.165) is 91.3 Å². The summed E-state index contributed by atoms with van der Waals surface area (Å²) in [6, 6.07) is 12.0. The topological polar surface area (TPSA) is 147 Å². The highest BCUT2D eigenvalue weighted by molar-refractivity contribution is 6.01. The molecular formula is C40H49N7O6. The molecule has 3 saturated heterocycles. The van der Waals surface area contributed by atoms with Crippen molar-refractivity contribution < 1.29 is 23.9 Å². The van der Waals surface area contributed by atoms with Gasteiger partial charge in [-0.15, -0.1) is 0 Å². The highest BCUT2D eigenvalue weighted by Crippen LogP contribution is 2.38. The second-order valence-corrected chi connectivity index (χ2v) is 14.6. The van der Waals surface area contributed by atoms with Crippen molar-refractivity contribution in [2.45, 2.75) is 69.6 Å². The van der Waals surface area contributed by atoms with Gasteiger partial charge in [0.1, 0.15) is 17.5 Å². The number of aromatic nitrogens is 1. The van der Waals surface area contributed by atoms with Gasteiger partial charge in [-0.05, 0) is 86.5 Å². The number of anilines is 1. The molecule has 4 aliphatic rings. The van der Waals surface area contributed by atoms with Crippen LogP contribution in [0.3, 0.4) is 0 Å². The van der Waals surface area contributed by atoms with Crippen LogP contribution in [0.1, 0.15) is 66.7 Å². The number of rotatable bonds is 11. The number of amides is 3. The molecule has 1 unspecified atom stereocenters. The smallest absolute Gasteiger partial charge is 0.256 e. The van der Waals surface area contributed by atoms with E-state index >= 15 is 0 Å². The lowest BCUT2D eigenvalue weighted by Crippen LogP contribution is -2.48. The molecule has 53 heavy (non-hydrogen) atoms. The van der Waals surface area contributed by atoms with E-state index in [1.54, 1.807) is 32.0 Å². The van der Waals surface area contributed by atoms with Crippen molar-refractivity contribution in [3.05, 3.63) is 75.2 Å². The zero-order chi connectivity index (χ0) is 37.1. The Labute approximate surface area is 309 Å². The van der Waals surface area contributed by atoms with Crippen molar-refractivity contribution in [2.24, 2.45) is 12.0 Å². The van der Waals surface area contributed by atoms with Crippen molar-refractivity contribution in [1.29, 1.82) is 0 Å². The van der Waals surface area contributed by atoms with E-state index in [1.807, 2.05) is 30.5 Å². The Morgan fingerprint density at radius 3 is 2.26 bits per heavy atom. The number of hydrogen-bond acceptors (Lipinski definition) is 10. The van der Waals surface area contributed by atoms with Crippen LogP contribution < -0.4 is 31.0 Å². The first-order valence-electron chi connectivity index (χ1n) is 18.6. The number of likely N-dealkylation sites (tertiary alicyclic amines) is 2. The van der Waals surface area contributed by atoms with Crippen molar-refractivity contribution in [3.8, 4) is 22.6 Å². The maximum absolute atomic E-state index is 13.1. The lowest BCUT2D eigenvalue weighted by atomic mass is 9.89. The molecule has 0 aliphatic carbocycles. The van der Waals surface area contributed by atoms with Crippen LogP contribution in [0.25, 0.3) is 11.1 Å². The largest absolute Gasteiger partial charge is 0.496 e. The quantitative estimate of drug-likeness (QED) is 0.254. The average molecular weight is 724 g/mol. The lowest BCUT2D eigenvalue weighted by molar-refractivity contribution is -0.133. The Balaban J connectivity index is 0.871. The normalized spacial score (nSPS) is 19.9. The minimum absolute atomic E-state index is 0.0276. The van der Waals surface area contributed by atoms with E-state index in [0.29, 0.717) is 44.0 Å². The van der Waals surface area contributed by atoms with Gasteiger partial charge in [-0.2, -0.15) is 0 Å². The molecule has 3 amide bonds. The first-order valence-corrected chi connectivity index (χ1v) is 18.6. The van der Waals surface area contributed by atoms with E-state index in [2.05, 4.69) is 42.9 Å². The van der Waals surface area contributed by atoms with Gasteiger partial charge >= 0.3 is 0 Å². The predicted molar refractivity (Wildman–Crippen MR) is 203 cm³/mol. The van der Waals surface area contributed by atoms with Gasteiger partial charge in [0, 0.05) is 73.9 Å². The Kier molecular flexibility index (Phi) is 10.9. The SMILES string of the molecule is COc1cc(-c2cn(C)c(=O)c3c2C=NC3)cc(OC)c1CN1CCC(NC(=O)CN2CCC(c3ccc(NC4CCC(=O)NC4=O)cc3)CC2)CC1. The number of hydrogen-bond donors (Lipinski definition) is 3. The summed E-state index contributed by atoms with van der Waals surface area (Å²) < 4.78 is 13.4. The zero-order valence-electron chi connectivity index (χ0n) is 30.8. The number of ether oxygens (including phenoxy) is 2. The molecule has 1 aromatic heterocycles. The van der Waals surface area contributed by atoms with Crippen LogP contribution in [-0.4, -0.2) is 97.3 Å². The van der Waals surface area contributed by atoms with Crippen LogP contribution in [0.4, 0.5) is 5.69 Å². The molecular weight excluding hydrogens is 674 g/mol. The molecule has 0 spiro atoms. The minimum atomic E-state index is -0.393. The summed E-state index contributed by atoms with van der Waals surface area (Å²) >= 11 is 0. The van der Waals surface area contributed by atoms with E-state index < -0.39 is 6.04 Å². The van der Waals surface area contributed by atoms with Crippen molar-refractivity contribution in [2.75, 3.05) is 52.3 Å². The summed E-state index contributed by atoms with van der Waals surface area (Å²) in [5.74, 6) is 1.49. The Morgan fingerprint density at radius 2 is 1.60 bits per heavy atom. The molecule has 1 atom stereocenters. The number of benzene rings is 2. The van der Waals surface area contributed by atoms with Gasteiger partial charge in [0.05, 0.1) is 32.9 Å². The fourth-order valence-electron chi connectivity index (χ4n) is 8.11. The maximum Gasteiger partial charge on any atom is 0.256 e. The Morgan fingerprint density at radius 1 is 0.925 bits per heavy atom. The second-order valence-electron chi connectivity index (χ2n) is 14.6. The first kappa shape index (κ1) is 36.4. The average Bonchev–Trinajstić information content (AvgIpc) is 3.66. The standard InChI is InChI=1S/C40H49N7O6/c1-45-22-32(30-20-41-21-31(30)40(45)51)27-18-35(52-2)33(36(19-27)53-3)23-46-16-12-29(13-17-46)43-38(49)24-47-14-10-26(11-15-47)25-4-6-28(7-5-25)42-34-8-9-37(48)44-39(34)50/h4-7,18-20,22,26,29,34,42H,8-17,21,23-24H2,1-3H3,(H,43,49)(H,44,48,50). The van der Waals surface area contributed by atoms with Crippen molar-refractivity contribution in [1.82, 2.24) is 25.0 Å². The van der Waals surface area contributed by atoms with Gasteiger partial charge in [-0.1, -0.05) is 12.1 Å². The molecule has 4 aliphatic heterocycles. The van der Waals surface area contributed by atoms with Crippen LogP contribution in [0.2, 0.25) is 0 Å². The van der Waals surface area contributed by atoms with Crippen LogP contribution in [0.5, 0.6) is 11.5 Å². The lowest BCUT2D eigenvalue weighted by Gasteiger charge is -2.34. The summed E-state index contributed by atoms with van der Waals surface area (Å²) in [7, 11) is 5.10. The number of nitrogens with zero attached hydrogens (tertiary/aromatic N) is 4. The summed E-state index contributed by atoms with van der Waals surface area (Å²) in [4.78, 5) is 58.2. The maximum atomic E-state index is 13.1. The number of nitrogens with one attached hydrogen (secondary N) is 3. The molecule has 5 heterocycles. The summed E-state index contributed by atoms with van der Waals surface area (Å²) in [5, 5.41) is 8.92. The van der Waals surface area contributed by atoms with Crippen LogP contribution in [0, 0.1) is 0 Å².